The number of carbonyl (C=O) groups is 1. The highest BCUT2D eigenvalue weighted by Gasteiger charge is 2.38. The maximum absolute atomic E-state index is 11.4. The quantitative estimate of drug-likeness (QED) is 0.325. The molecular formula is C26H32N4O6. The molecule has 36 heavy (non-hydrogen) atoms. The minimum atomic E-state index is -1.12. The van der Waals surface area contributed by atoms with Crippen LogP contribution in [0.3, 0.4) is 0 Å². The highest BCUT2D eigenvalue weighted by Crippen LogP contribution is 2.35. The van der Waals surface area contributed by atoms with Crippen molar-refractivity contribution in [3.63, 3.8) is 0 Å². The van der Waals surface area contributed by atoms with Crippen molar-refractivity contribution in [2.75, 3.05) is 25.6 Å². The van der Waals surface area contributed by atoms with Gasteiger partial charge in [-0.2, -0.15) is 0 Å². The van der Waals surface area contributed by atoms with Crippen molar-refractivity contribution in [3.05, 3.63) is 54.8 Å². The molecule has 1 fully saturated rings. The molecule has 3 N–H and O–H groups in total. The summed E-state index contributed by atoms with van der Waals surface area (Å²) in [4.78, 5) is 19.3. The summed E-state index contributed by atoms with van der Waals surface area (Å²) in [6.45, 7) is 5.05. The number of aromatic nitrogens is 2. The van der Waals surface area contributed by atoms with Crippen molar-refractivity contribution in [3.8, 4) is 22.8 Å². The number of carboxylic acid groups (broad SMARTS) is 1. The van der Waals surface area contributed by atoms with Crippen LogP contribution in [-0.2, 0) is 4.74 Å². The monoisotopic (exact) mass is 496 g/mol. The van der Waals surface area contributed by atoms with E-state index in [0.717, 1.165) is 30.5 Å². The van der Waals surface area contributed by atoms with E-state index in [-0.39, 0.29) is 11.4 Å². The molecule has 1 atom stereocenters. The molecular weight excluding hydrogens is 464 g/mol. The predicted molar refractivity (Wildman–Crippen MR) is 133 cm³/mol. The number of aromatic carboxylic acids is 1. The molecule has 3 heterocycles. The fourth-order valence-corrected chi connectivity index (χ4v) is 4.27. The number of ether oxygens (including phenoxy) is 3. The van der Waals surface area contributed by atoms with Gasteiger partial charge in [0.05, 0.1) is 32.1 Å². The third-order valence-corrected chi connectivity index (χ3v) is 6.02. The normalized spacial score (nSPS) is 18.0. The number of nitrogens with zero attached hydrogens (tertiary/aromatic N) is 2. The van der Waals surface area contributed by atoms with Crippen molar-refractivity contribution in [1.29, 1.82) is 0 Å². The molecule has 0 aliphatic carbocycles. The molecule has 0 spiro atoms. The van der Waals surface area contributed by atoms with E-state index >= 15 is 0 Å². The molecule has 0 saturated carbocycles. The SMILES string of the molecule is COc1cc(NC2(NC(C)(C)CCOc3cccnc3C(=O)O)CCCCO2)ccc1-c1cnco1. The molecule has 10 heteroatoms. The maximum atomic E-state index is 11.4. The standard InChI is InChI=1S/C26H32N4O6/c1-25(2,11-14-34-20-7-6-12-28-23(20)24(31)32)30-26(10-4-5-13-36-26)29-18-8-9-19(21(15-18)33-3)22-16-27-17-35-22/h6-9,12,15-17,29-30H,4-5,10-11,13-14H2,1-3H3,(H,31,32). The predicted octanol–water partition coefficient (Wildman–Crippen LogP) is 4.55. The van der Waals surface area contributed by atoms with Gasteiger partial charge in [0.25, 0.3) is 0 Å². The van der Waals surface area contributed by atoms with Crippen LogP contribution in [0.2, 0.25) is 0 Å². The summed E-state index contributed by atoms with van der Waals surface area (Å²) >= 11 is 0. The van der Waals surface area contributed by atoms with Crippen LogP contribution in [0.5, 0.6) is 11.5 Å². The van der Waals surface area contributed by atoms with E-state index in [1.54, 1.807) is 25.4 Å². The number of benzene rings is 1. The molecule has 10 nitrogen and oxygen atoms in total. The lowest BCUT2D eigenvalue weighted by molar-refractivity contribution is -0.0971. The van der Waals surface area contributed by atoms with E-state index in [1.807, 2.05) is 18.2 Å². The van der Waals surface area contributed by atoms with Crippen molar-refractivity contribution in [1.82, 2.24) is 15.3 Å². The van der Waals surface area contributed by atoms with Crippen molar-refractivity contribution in [2.24, 2.45) is 0 Å². The zero-order valence-corrected chi connectivity index (χ0v) is 20.7. The van der Waals surface area contributed by atoms with Gasteiger partial charge in [-0.25, -0.2) is 14.8 Å². The van der Waals surface area contributed by atoms with Crippen LogP contribution in [0.1, 0.15) is 50.0 Å². The third-order valence-electron chi connectivity index (χ3n) is 6.02. The summed E-state index contributed by atoms with van der Waals surface area (Å²) in [6.07, 6.45) is 7.81. The number of rotatable bonds is 11. The largest absolute Gasteiger partial charge is 0.496 e. The molecule has 192 valence electrons. The molecule has 2 aromatic heterocycles. The van der Waals surface area contributed by atoms with Gasteiger partial charge in [-0.3, -0.25) is 5.32 Å². The molecule has 3 aromatic rings. The van der Waals surface area contributed by atoms with Gasteiger partial charge in [-0.15, -0.1) is 0 Å². The number of anilines is 1. The topological polar surface area (TPSA) is 128 Å². The Balaban J connectivity index is 1.46. The Bertz CT molecular complexity index is 1160. The van der Waals surface area contributed by atoms with Crippen molar-refractivity contribution >= 4 is 11.7 Å². The van der Waals surface area contributed by atoms with E-state index < -0.39 is 17.4 Å². The van der Waals surface area contributed by atoms with E-state index in [2.05, 4.69) is 34.4 Å². The number of oxazole rings is 1. The molecule has 1 aliphatic rings. The lowest BCUT2D eigenvalue weighted by atomic mass is 9.98. The van der Waals surface area contributed by atoms with E-state index in [1.165, 1.54) is 12.6 Å². The zero-order valence-electron chi connectivity index (χ0n) is 20.7. The Morgan fingerprint density at radius 3 is 2.81 bits per heavy atom. The van der Waals surface area contributed by atoms with Crippen LogP contribution in [-0.4, -0.2) is 52.8 Å². The second-order valence-electron chi connectivity index (χ2n) is 9.30. The summed E-state index contributed by atoms with van der Waals surface area (Å²) < 4.78 is 23.1. The Labute approximate surface area is 210 Å². The summed E-state index contributed by atoms with van der Waals surface area (Å²) in [6, 6.07) is 9.05. The number of methoxy groups -OCH3 is 1. The molecule has 4 rings (SSSR count). The average molecular weight is 497 g/mol. The fourth-order valence-electron chi connectivity index (χ4n) is 4.27. The minimum Gasteiger partial charge on any atom is -0.496 e. The summed E-state index contributed by atoms with van der Waals surface area (Å²) in [5.41, 5.74) is 1.14. The highest BCUT2D eigenvalue weighted by molar-refractivity contribution is 5.88. The van der Waals surface area contributed by atoms with Crippen LogP contribution in [0, 0.1) is 0 Å². The second-order valence-corrected chi connectivity index (χ2v) is 9.30. The first-order valence-electron chi connectivity index (χ1n) is 11.9. The number of hydrogen-bond donors (Lipinski definition) is 3. The zero-order chi connectivity index (χ0) is 25.6. The lowest BCUT2D eigenvalue weighted by Gasteiger charge is -2.44. The average Bonchev–Trinajstić information content (AvgIpc) is 3.39. The Morgan fingerprint density at radius 1 is 1.25 bits per heavy atom. The van der Waals surface area contributed by atoms with E-state index in [9.17, 15) is 9.90 Å². The first-order chi connectivity index (χ1) is 17.3. The molecule has 1 saturated heterocycles. The fraction of sp³-hybridized carbons (Fsp3) is 0.423. The molecule has 0 radical (unpaired) electrons. The first-order valence-corrected chi connectivity index (χ1v) is 11.9. The van der Waals surface area contributed by atoms with Gasteiger partial charge in [-0.05, 0) is 57.4 Å². The summed E-state index contributed by atoms with van der Waals surface area (Å²) in [5, 5.41) is 16.5. The van der Waals surface area contributed by atoms with Gasteiger partial charge < -0.3 is 29.1 Å². The number of pyridine rings is 1. The van der Waals surface area contributed by atoms with Crippen LogP contribution in [0.25, 0.3) is 11.3 Å². The summed E-state index contributed by atoms with van der Waals surface area (Å²) in [5.74, 6) is -0.379. The van der Waals surface area contributed by atoms with Crippen molar-refractivity contribution < 1.29 is 28.5 Å². The molecule has 0 bridgehead atoms. The molecule has 1 aliphatic heterocycles. The second kappa shape index (κ2) is 11.0. The molecule has 1 aromatic carbocycles. The third kappa shape index (κ3) is 6.13. The van der Waals surface area contributed by atoms with Gasteiger partial charge in [0, 0.05) is 29.9 Å². The Morgan fingerprint density at radius 2 is 2.11 bits per heavy atom. The highest BCUT2D eigenvalue weighted by atomic mass is 16.5. The van der Waals surface area contributed by atoms with Gasteiger partial charge in [-0.1, -0.05) is 0 Å². The molecule has 1 unspecified atom stereocenters. The van der Waals surface area contributed by atoms with Crippen LogP contribution < -0.4 is 20.1 Å². The van der Waals surface area contributed by atoms with Gasteiger partial charge >= 0.3 is 5.97 Å². The number of carboxylic acids is 1. The number of hydrogen-bond acceptors (Lipinski definition) is 9. The van der Waals surface area contributed by atoms with Gasteiger partial charge in [0.1, 0.15) is 5.75 Å². The van der Waals surface area contributed by atoms with Crippen LogP contribution in [0.4, 0.5) is 5.69 Å². The lowest BCUT2D eigenvalue weighted by Crippen LogP contribution is -2.62. The summed E-state index contributed by atoms with van der Waals surface area (Å²) in [7, 11) is 1.62. The maximum Gasteiger partial charge on any atom is 0.358 e. The van der Waals surface area contributed by atoms with Crippen LogP contribution >= 0.6 is 0 Å². The molecule has 0 amide bonds. The smallest absolute Gasteiger partial charge is 0.358 e. The Kier molecular flexibility index (Phi) is 7.76. The van der Waals surface area contributed by atoms with E-state index in [0.29, 0.717) is 31.1 Å². The van der Waals surface area contributed by atoms with Gasteiger partial charge in [0.15, 0.2) is 29.4 Å². The first kappa shape index (κ1) is 25.5. The minimum absolute atomic E-state index is 0.0975. The van der Waals surface area contributed by atoms with Gasteiger partial charge in [0.2, 0.25) is 0 Å². The Hall–Kier alpha value is -3.63. The number of nitrogens with one attached hydrogen (secondary N) is 2. The van der Waals surface area contributed by atoms with E-state index in [4.69, 9.17) is 18.6 Å². The van der Waals surface area contributed by atoms with Crippen molar-refractivity contribution in [2.45, 2.75) is 50.9 Å². The van der Waals surface area contributed by atoms with Crippen LogP contribution in [0.15, 0.2) is 53.5 Å².